The van der Waals surface area contributed by atoms with Gasteiger partial charge in [0, 0.05) is 31.1 Å². The van der Waals surface area contributed by atoms with Crippen molar-refractivity contribution in [1.29, 1.82) is 0 Å². The lowest BCUT2D eigenvalue weighted by Gasteiger charge is -2.38. The summed E-state index contributed by atoms with van der Waals surface area (Å²) in [5.41, 5.74) is 6.06. The second-order valence-electron chi connectivity index (χ2n) is 7.00. The van der Waals surface area contributed by atoms with Crippen LogP contribution in [0.25, 0.3) is 0 Å². The Labute approximate surface area is 123 Å². The van der Waals surface area contributed by atoms with Crippen molar-refractivity contribution in [3.63, 3.8) is 0 Å². The molecule has 3 atom stereocenters. The first kappa shape index (κ1) is 15.8. The van der Waals surface area contributed by atoms with Crippen molar-refractivity contribution >= 4 is 5.91 Å². The standard InChI is InChI=1S/C16H31N3O/c1-12(13-5-4-6-14(17)11-13)16(20)19-9-7-15(8-10-19)18(2)3/h12-15H,4-11,17H2,1-3H3. The Morgan fingerprint density at radius 3 is 2.40 bits per heavy atom. The first-order valence-corrected chi connectivity index (χ1v) is 8.19. The molecule has 2 aliphatic rings. The van der Waals surface area contributed by atoms with Crippen LogP contribution in [0.1, 0.15) is 45.4 Å². The highest BCUT2D eigenvalue weighted by Crippen LogP contribution is 2.31. The molecule has 1 heterocycles. The Kier molecular flexibility index (Phi) is 5.44. The number of hydrogen-bond acceptors (Lipinski definition) is 3. The van der Waals surface area contributed by atoms with E-state index in [1.807, 2.05) is 0 Å². The van der Waals surface area contributed by atoms with Crippen LogP contribution >= 0.6 is 0 Å². The summed E-state index contributed by atoms with van der Waals surface area (Å²) in [4.78, 5) is 17.0. The van der Waals surface area contributed by atoms with E-state index in [0.29, 0.717) is 23.9 Å². The van der Waals surface area contributed by atoms with Gasteiger partial charge >= 0.3 is 0 Å². The summed E-state index contributed by atoms with van der Waals surface area (Å²) in [5, 5.41) is 0. The van der Waals surface area contributed by atoms with Crippen molar-refractivity contribution in [2.24, 2.45) is 17.6 Å². The van der Waals surface area contributed by atoms with E-state index in [1.54, 1.807) is 0 Å². The minimum atomic E-state index is 0.150. The fourth-order valence-corrected chi connectivity index (χ4v) is 3.81. The molecule has 1 aliphatic carbocycles. The molecule has 3 unspecified atom stereocenters. The van der Waals surface area contributed by atoms with Crippen LogP contribution in [0.15, 0.2) is 0 Å². The Hall–Kier alpha value is -0.610. The summed E-state index contributed by atoms with van der Waals surface area (Å²) >= 11 is 0. The van der Waals surface area contributed by atoms with E-state index in [0.717, 1.165) is 38.8 Å². The van der Waals surface area contributed by atoms with Gasteiger partial charge in [0.15, 0.2) is 0 Å². The van der Waals surface area contributed by atoms with E-state index >= 15 is 0 Å². The molecule has 0 aromatic rings. The predicted octanol–water partition coefficient (Wildman–Crippen LogP) is 1.69. The Morgan fingerprint density at radius 1 is 1.20 bits per heavy atom. The molecular weight excluding hydrogens is 250 g/mol. The minimum absolute atomic E-state index is 0.150. The number of hydrogen-bond donors (Lipinski definition) is 1. The van der Waals surface area contributed by atoms with Crippen molar-refractivity contribution in [2.45, 2.75) is 57.5 Å². The van der Waals surface area contributed by atoms with Crippen LogP contribution in [-0.4, -0.2) is 55.0 Å². The maximum absolute atomic E-state index is 12.7. The van der Waals surface area contributed by atoms with Crippen LogP contribution in [-0.2, 0) is 4.79 Å². The van der Waals surface area contributed by atoms with Gasteiger partial charge in [0.05, 0.1) is 0 Å². The fraction of sp³-hybridized carbons (Fsp3) is 0.938. The van der Waals surface area contributed by atoms with Gasteiger partial charge in [-0.3, -0.25) is 4.79 Å². The number of carbonyl (C=O) groups is 1. The van der Waals surface area contributed by atoms with E-state index in [-0.39, 0.29) is 5.92 Å². The van der Waals surface area contributed by atoms with Gasteiger partial charge < -0.3 is 15.5 Å². The number of carbonyl (C=O) groups excluding carboxylic acids is 1. The number of piperidine rings is 1. The molecule has 0 bridgehead atoms. The molecule has 0 radical (unpaired) electrons. The van der Waals surface area contributed by atoms with E-state index in [9.17, 15) is 4.79 Å². The van der Waals surface area contributed by atoms with Crippen molar-refractivity contribution in [1.82, 2.24) is 9.80 Å². The molecular formula is C16H31N3O. The molecule has 116 valence electrons. The zero-order valence-electron chi connectivity index (χ0n) is 13.3. The van der Waals surface area contributed by atoms with E-state index < -0.39 is 0 Å². The van der Waals surface area contributed by atoms with Crippen molar-refractivity contribution in [3.8, 4) is 0 Å². The number of nitrogens with two attached hydrogens (primary N) is 1. The van der Waals surface area contributed by atoms with Gasteiger partial charge in [-0.2, -0.15) is 0 Å². The SMILES string of the molecule is CC(C(=O)N1CCC(N(C)C)CC1)C1CCCC(N)C1. The molecule has 4 nitrogen and oxygen atoms in total. The van der Waals surface area contributed by atoms with Gasteiger partial charge in [-0.25, -0.2) is 0 Å². The monoisotopic (exact) mass is 281 g/mol. The maximum Gasteiger partial charge on any atom is 0.225 e. The van der Waals surface area contributed by atoms with Crippen molar-refractivity contribution < 1.29 is 4.79 Å². The van der Waals surface area contributed by atoms with Crippen LogP contribution in [0.3, 0.4) is 0 Å². The highest BCUT2D eigenvalue weighted by atomic mass is 16.2. The normalized spacial score (nSPS) is 30.6. The Morgan fingerprint density at radius 2 is 1.85 bits per heavy atom. The first-order valence-electron chi connectivity index (χ1n) is 8.19. The third-order valence-corrected chi connectivity index (χ3v) is 5.36. The molecule has 0 aromatic heterocycles. The Balaban J connectivity index is 1.85. The Bertz CT molecular complexity index is 324. The first-order chi connectivity index (χ1) is 9.49. The average Bonchev–Trinajstić information content (AvgIpc) is 2.46. The van der Waals surface area contributed by atoms with Crippen LogP contribution < -0.4 is 5.73 Å². The molecule has 2 rings (SSSR count). The molecule has 1 amide bonds. The second-order valence-corrected chi connectivity index (χ2v) is 7.00. The van der Waals surface area contributed by atoms with Gasteiger partial charge in [-0.15, -0.1) is 0 Å². The van der Waals surface area contributed by atoms with Gasteiger partial charge in [-0.1, -0.05) is 13.3 Å². The third kappa shape index (κ3) is 3.73. The molecule has 0 spiro atoms. The van der Waals surface area contributed by atoms with E-state index in [4.69, 9.17) is 5.73 Å². The van der Waals surface area contributed by atoms with Gasteiger partial charge in [-0.05, 0) is 52.1 Å². The summed E-state index contributed by atoms with van der Waals surface area (Å²) in [6, 6.07) is 0.945. The molecule has 4 heteroatoms. The molecule has 1 saturated heterocycles. The molecule has 20 heavy (non-hydrogen) atoms. The molecule has 2 fully saturated rings. The summed E-state index contributed by atoms with van der Waals surface area (Å²) in [7, 11) is 4.27. The molecule has 0 aromatic carbocycles. The highest BCUT2D eigenvalue weighted by Gasteiger charge is 2.32. The van der Waals surface area contributed by atoms with Crippen LogP contribution in [0.2, 0.25) is 0 Å². The average molecular weight is 281 g/mol. The molecule has 2 N–H and O–H groups in total. The predicted molar refractivity (Wildman–Crippen MR) is 82.4 cm³/mol. The lowest BCUT2D eigenvalue weighted by atomic mass is 9.78. The lowest BCUT2D eigenvalue weighted by molar-refractivity contribution is -0.138. The second kappa shape index (κ2) is 6.90. The molecule has 1 aliphatic heterocycles. The topological polar surface area (TPSA) is 49.6 Å². The fourth-order valence-electron chi connectivity index (χ4n) is 3.81. The van der Waals surface area contributed by atoms with Gasteiger partial charge in [0.2, 0.25) is 5.91 Å². The van der Waals surface area contributed by atoms with Crippen LogP contribution in [0.5, 0.6) is 0 Å². The quantitative estimate of drug-likeness (QED) is 0.856. The van der Waals surface area contributed by atoms with E-state index in [1.165, 1.54) is 12.8 Å². The van der Waals surface area contributed by atoms with Gasteiger partial charge in [0.25, 0.3) is 0 Å². The lowest BCUT2D eigenvalue weighted by Crippen LogP contribution is -2.47. The summed E-state index contributed by atoms with van der Waals surface area (Å²) in [6.07, 6.45) is 6.74. The number of nitrogens with zero attached hydrogens (tertiary/aromatic N) is 2. The summed E-state index contributed by atoms with van der Waals surface area (Å²) in [6.45, 7) is 3.96. The largest absolute Gasteiger partial charge is 0.342 e. The van der Waals surface area contributed by atoms with Crippen LogP contribution in [0.4, 0.5) is 0 Å². The third-order valence-electron chi connectivity index (χ3n) is 5.36. The minimum Gasteiger partial charge on any atom is -0.342 e. The van der Waals surface area contributed by atoms with Gasteiger partial charge in [0.1, 0.15) is 0 Å². The van der Waals surface area contributed by atoms with E-state index in [2.05, 4.69) is 30.8 Å². The number of likely N-dealkylation sites (tertiary alicyclic amines) is 1. The number of amides is 1. The summed E-state index contributed by atoms with van der Waals surface area (Å²) < 4.78 is 0. The van der Waals surface area contributed by atoms with Crippen LogP contribution in [0, 0.1) is 11.8 Å². The molecule has 1 saturated carbocycles. The smallest absolute Gasteiger partial charge is 0.225 e. The van der Waals surface area contributed by atoms with Crippen molar-refractivity contribution in [2.75, 3.05) is 27.2 Å². The zero-order chi connectivity index (χ0) is 14.7. The maximum atomic E-state index is 12.7. The summed E-state index contributed by atoms with van der Waals surface area (Å²) in [5.74, 6) is 1.01. The number of rotatable bonds is 3. The van der Waals surface area contributed by atoms with Crippen molar-refractivity contribution in [3.05, 3.63) is 0 Å². The highest BCUT2D eigenvalue weighted by molar-refractivity contribution is 5.79. The zero-order valence-corrected chi connectivity index (χ0v) is 13.3.